The molecule has 0 saturated carbocycles. The molecule has 0 fully saturated rings. The first kappa shape index (κ1) is 13.2. The Kier molecular flexibility index (Phi) is 3.88. The Morgan fingerprint density at radius 1 is 1.11 bits per heavy atom. The van der Waals surface area contributed by atoms with Crippen LogP contribution in [0.15, 0.2) is 0 Å². The maximum absolute atomic E-state index is 5.34. The molecule has 0 unspecified atom stereocenters. The lowest BCUT2D eigenvalue weighted by Gasteiger charge is -2.07. The van der Waals surface area contributed by atoms with Gasteiger partial charge in [0.1, 0.15) is 11.6 Å². The average Bonchev–Trinajstić information content (AvgIpc) is 2.69. The highest BCUT2D eigenvalue weighted by molar-refractivity contribution is 5.30. The molecule has 1 N–H and O–H groups in total. The lowest BCUT2D eigenvalue weighted by Crippen LogP contribution is -2.12. The zero-order chi connectivity index (χ0) is 13.8. The lowest BCUT2D eigenvalue weighted by molar-refractivity contribution is 0.311. The van der Waals surface area contributed by atoms with E-state index in [0.29, 0.717) is 36.7 Å². The van der Waals surface area contributed by atoms with Crippen molar-refractivity contribution in [3.05, 3.63) is 11.6 Å². The molecule has 0 aliphatic heterocycles. The zero-order valence-corrected chi connectivity index (χ0v) is 11.5. The van der Waals surface area contributed by atoms with E-state index in [9.17, 15) is 0 Å². The highest BCUT2D eigenvalue weighted by atomic mass is 16.5. The van der Waals surface area contributed by atoms with E-state index >= 15 is 0 Å². The molecule has 8 nitrogen and oxygen atoms in total. The molecular weight excluding hydrogens is 246 g/mol. The summed E-state index contributed by atoms with van der Waals surface area (Å²) in [7, 11) is 0. The predicted molar refractivity (Wildman–Crippen MR) is 69.6 cm³/mol. The Morgan fingerprint density at radius 3 is 2.47 bits per heavy atom. The first-order valence-corrected chi connectivity index (χ1v) is 6.17. The van der Waals surface area contributed by atoms with Gasteiger partial charge in [-0.25, -0.2) is 4.98 Å². The van der Waals surface area contributed by atoms with E-state index in [0.717, 1.165) is 0 Å². The molecule has 0 amide bonds. The summed E-state index contributed by atoms with van der Waals surface area (Å²) in [5, 5.41) is 7.29. The van der Waals surface area contributed by atoms with Crippen molar-refractivity contribution in [2.24, 2.45) is 0 Å². The van der Waals surface area contributed by atoms with Gasteiger partial charge in [-0.15, -0.1) is 5.10 Å². The average molecular weight is 263 g/mol. The second kappa shape index (κ2) is 5.59. The number of hydrogen-bond acceptors (Lipinski definition) is 7. The van der Waals surface area contributed by atoms with E-state index in [4.69, 9.17) is 4.74 Å². The summed E-state index contributed by atoms with van der Waals surface area (Å²) in [6.07, 6.45) is 0. The van der Waals surface area contributed by atoms with Crippen molar-refractivity contribution in [1.29, 1.82) is 0 Å². The Hall–Kier alpha value is -2.25. The van der Waals surface area contributed by atoms with Gasteiger partial charge in [0.05, 0.1) is 6.61 Å². The molecule has 102 valence electrons. The van der Waals surface area contributed by atoms with Crippen LogP contribution in [0, 0.1) is 13.8 Å². The van der Waals surface area contributed by atoms with Crippen LogP contribution in [-0.4, -0.2) is 42.9 Å². The molecule has 19 heavy (non-hydrogen) atoms. The van der Waals surface area contributed by atoms with Crippen molar-refractivity contribution in [2.75, 3.05) is 18.5 Å². The van der Waals surface area contributed by atoms with Crippen LogP contribution in [0.4, 0.5) is 5.95 Å². The van der Waals surface area contributed by atoms with E-state index in [1.165, 1.54) is 0 Å². The smallest absolute Gasteiger partial charge is 0.323 e. The predicted octanol–water partition coefficient (Wildman–Crippen LogP) is 0.900. The fraction of sp³-hybridized carbons (Fsp3) is 0.545. The van der Waals surface area contributed by atoms with Crippen molar-refractivity contribution in [1.82, 2.24) is 29.7 Å². The van der Waals surface area contributed by atoms with E-state index < -0.39 is 0 Å². The molecule has 2 rings (SSSR count). The summed E-state index contributed by atoms with van der Waals surface area (Å²) in [4.78, 5) is 16.9. The van der Waals surface area contributed by atoms with Gasteiger partial charge >= 0.3 is 6.01 Å². The third kappa shape index (κ3) is 2.95. The number of anilines is 1. The van der Waals surface area contributed by atoms with E-state index in [1.54, 1.807) is 4.68 Å². The molecule has 8 heteroatoms. The van der Waals surface area contributed by atoms with Crippen LogP contribution in [-0.2, 0) is 0 Å². The number of rotatable bonds is 5. The highest BCUT2D eigenvalue weighted by Gasteiger charge is 2.12. The summed E-state index contributed by atoms with van der Waals surface area (Å²) in [6.45, 7) is 8.71. The van der Waals surface area contributed by atoms with Crippen molar-refractivity contribution < 1.29 is 4.74 Å². The van der Waals surface area contributed by atoms with Crippen LogP contribution in [0.2, 0.25) is 0 Å². The third-order valence-electron chi connectivity index (χ3n) is 2.28. The van der Waals surface area contributed by atoms with E-state index in [-0.39, 0.29) is 6.01 Å². The third-order valence-corrected chi connectivity index (χ3v) is 2.28. The Labute approximate surface area is 111 Å². The van der Waals surface area contributed by atoms with Gasteiger partial charge in [-0.3, -0.25) is 0 Å². The number of aryl methyl sites for hydroxylation is 2. The minimum Gasteiger partial charge on any atom is -0.464 e. The molecule has 0 saturated heterocycles. The number of aromatic nitrogens is 6. The first-order valence-electron chi connectivity index (χ1n) is 6.17. The molecule has 0 aromatic carbocycles. The van der Waals surface area contributed by atoms with Crippen LogP contribution < -0.4 is 10.1 Å². The molecule has 0 aliphatic carbocycles. The summed E-state index contributed by atoms with van der Waals surface area (Å²) < 4.78 is 6.91. The van der Waals surface area contributed by atoms with Gasteiger partial charge in [0.15, 0.2) is 0 Å². The molecule has 0 aliphatic rings. The van der Waals surface area contributed by atoms with Gasteiger partial charge in [0.25, 0.3) is 5.95 Å². The molecule has 0 bridgehead atoms. The summed E-state index contributed by atoms with van der Waals surface area (Å²) in [5.74, 6) is 2.24. The van der Waals surface area contributed by atoms with Crippen LogP contribution in [0.1, 0.15) is 25.5 Å². The van der Waals surface area contributed by atoms with Gasteiger partial charge < -0.3 is 10.1 Å². The molecular formula is C11H17N7O. The quantitative estimate of drug-likeness (QED) is 0.856. The van der Waals surface area contributed by atoms with Crippen LogP contribution in [0.25, 0.3) is 5.95 Å². The van der Waals surface area contributed by atoms with Gasteiger partial charge in [0.2, 0.25) is 5.95 Å². The van der Waals surface area contributed by atoms with Crippen LogP contribution in [0.5, 0.6) is 6.01 Å². The topological polar surface area (TPSA) is 90.6 Å². The van der Waals surface area contributed by atoms with Gasteiger partial charge in [-0.05, 0) is 27.7 Å². The molecule has 2 aromatic heterocycles. The van der Waals surface area contributed by atoms with E-state index in [2.05, 4.69) is 30.4 Å². The summed E-state index contributed by atoms with van der Waals surface area (Å²) in [6, 6.07) is 0.274. The fourth-order valence-electron chi connectivity index (χ4n) is 1.58. The van der Waals surface area contributed by atoms with Crippen molar-refractivity contribution >= 4 is 5.95 Å². The zero-order valence-electron chi connectivity index (χ0n) is 11.5. The molecule has 2 heterocycles. The van der Waals surface area contributed by atoms with Crippen molar-refractivity contribution in [2.45, 2.75) is 27.7 Å². The Morgan fingerprint density at radius 2 is 1.89 bits per heavy atom. The fourth-order valence-corrected chi connectivity index (χ4v) is 1.58. The van der Waals surface area contributed by atoms with Crippen LogP contribution >= 0.6 is 0 Å². The molecule has 0 spiro atoms. The minimum atomic E-state index is 0.274. The molecule has 0 radical (unpaired) electrons. The number of nitrogens with zero attached hydrogens (tertiary/aromatic N) is 6. The largest absolute Gasteiger partial charge is 0.464 e. The maximum atomic E-state index is 5.34. The standard InChI is InChI=1S/C11H17N7O/c1-5-12-9-14-10(16-11(15-9)19-6-2)18-8(4)13-7(3)17-18/h5-6H2,1-4H3,(H,12,14,15,16). The molecule has 0 atom stereocenters. The summed E-state index contributed by atoms with van der Waals surface area (Å²) >= 11 is 0. The van der Waals surface area contributed by atoms with E-state index in [1.807, 2.05) is 27.7 Å². The van der Waals surface area contributed by atoms with Gasteiger partial charge in [-0.2, -0.15) is 19.6 Å². The van der Waals surface area contributed by atoms with Gasteiger partial charge in [0, 0.05) is 6.54 Å². The number of ether oxygens (including phenoxy) is 1. The first-order chi connectivity index (χ1) is 9.13. The minimum absolute atomic E-state index is 0.274. The normalized spacial score (nSPS) is 10.5. The monoisotopic (exact) mass is 263 g/mol. The van der Waals surface area contributed by atoms with Crippen LogP contribution in [0.3, 0.4) is 0 Å². The molecule has 2 aromatic rings. The van der Waals surface area contributed by atoms with Gasteiger partial charge in [-0.1, -0.05) is 0 Å². The maximum Gasteiger partial charge on any atom is 0.323 e. The Bertz CT molecular complexity index is 542. The number of nitrogens with one attached hydrogen (secondary N) is 1. The second-order valence-corrected chi connectivity index (χ2v) is 3.82. The summed E-state index contributed by atoms with van der Waals surface area (Å²) in [5.41, 5.74) is 0. The highest BCUT2D eigenvalue weighted by Crippen LogP contribution is 2.12. The van der Waals surface area contributed by atoms with Crippen molar-refractivity contribution in [3.8, 4) is 12.0 Å². The van der Waals surface area contributed by atoms with Crippen molar-refractivity contribution in [3.63, 3.8) is 0 Å². The Balaban J connectivity index is 2.46. The SMILES string of the molecule is CCNc1nc(OCC)nc(-n2nc(C)nc2C)n1. The number of hydrogen-bond donors (Lipinski definition) is 1. The lowest BCUT2D eigenvalue weighted by atomic mass is 10.6. The second-order valence-electron chi connectivity index (χ2n) is 3.82.